The number of quaternary nitrogens is 1. The van der Waals surface area contributed by atoms with E-state index in [0.29, 0.717) is 10.8 Å². The monoisotopic (exact) mass is 345 g/mol. The molecule has 1 fully saturated rings. The maximum atomic E-state index is 11.9. The predicted molar refractivity (Wildman–Crippen MR) is 91.1 cm³/mol. The lowest BCUT2D eigenvalue weighted by molar-refractivity contribution is -0.883. The molecule has 1 aromatic rings. The van der Waals surface area contributed by atoms with E-state index in [0.717, 1.165) is 30.5 Å². The van der Waals surface area contributed by atoms with Gasteiger partial charge in [-0.2, -0.15) is 0 Å². The summed E-state index contributed by atoms with van der Waals surface area (Å²) in [6.45, 7) is 4.07. The van der Waals surface area contributed by atoms with Crippen molar-refractivity contribution < 1.29 is 9.69 Å². The number of aromatic nitrogens is 1. The molecule has 1 saturated heterocycles. The molecule has 0 bridgehead atoms. The van der Waals surface area contributed by atoms with E-state index in [1.54, 1.807) is 18.3 Å². The van der Waals surface area contributed by atoms with Crippen molar-refractivity contribution in [3.8, 4) is 0 Å². The van der Waals surface area contributed by atoms with Crippen LogP contribution in [-0.4, -0.2) is 59.1 Å². The van der Waals surface area contributed by atoms with Crippen molar-refractivity contribution in [2.75, 3.05) is 44.3 Å². The van der Waals surface area contributed by atoms with Gasteiger partial charge in [-0.3, -0.25) is 4.79 Å². The average Bonchev–Trinajstić information content (AvgIpc) is 2.48. The first-order valence-corrected chi connectivity index (χ1v) is 8.47. The topological polar surface area (TPSA) is 49.7 Å². The zero-order valence-corrected chi connectivity index (χ0v) is 14.2. The summed E-state index contributed by atoms with van der Waals surface area (Å²) in [5, 5.41) is 3.03. The summed E-state index contributed by atoms with van der Waals surface area (Å²) in [4.78, 5) is 19.5. The number of hydrogen-bond donors (Lipinski definition) is 2. The molecule has 0 aromatic carbocycles. The molecular weight excluding hydrogens is 328 g/mol. The highest BCUT2D eigenvalue weighted by Crippen LogP contribution is 2.18. The second-order valence-corrected chi connectivity index (χ2v) is 6.86. The Morgan fingerprint density at radius 2 is 2.29 bits per heavy atom. The maximum Gasteiger partial charge on any atom is 0.234 e. The second kappa shape index (κ2) is 7.93. The summed E-state index contributed by atoms with van der Waals surface area (Å²) in [5.41, 5.74) is 0.527. The normalized spacial score (nSPS) is 15.8. The van der Waals surface area contributed by atoms with Gasteiger partial charge in [0.05, 0.1) is 44.7 Å². The molecule has 5 nitrogen and oxygen atoms in total. The number of nitrogens with zero attached hydrogens (tertiary/aromatic N) is 2. The fourth-order valence-electron chi connectivity index (χ4n) is 1.96. The molecule has 2 heterocycles. The average molecular weight is 346 g/mol. The van der Waals surface area contributed by atoms with Crippen LogP contribution in [0.3, 0.4) is 0 Å². The van der Waals surface area contributed by atoms with Crippen LogP contribution in [0.15, 0.2) is 18.3 Å². The first-order chi connectivity index (χ1) is 10.1. The Morgan fingerprint density at radius 3 is 2.95 bits per heavy atom. The van der Waals surface area contributed by atoms with Crippen molar-refractivity contribution in [3.05, 3.63) is 23.5 Å². The molecule has 0 unspecified atom stereocenters. The van der Waals surface area contributed by atoms with Gasteiger partial charge in [-0.1, -0.05) is 35.6 Å². The lowest BCUT2D eigenvalue weighted by Gasteiger charge is -2.31. The van der Waals surface area contributed by atoms with Gasteiger partial charge in [0.15, 0.2) is 5.15 Å². The van der Waals surface area contributed by atoms with Gasteiger partial charge in [0.25, 0.3) is 0 Å². The van der Waals surface area contributed by atoms with Crippen LogP contribution < -0.4 is 10.2 Å². The number of carbonyl (C=O) groups is 1. The van der Waals surface area contributed by atoms with Crippen LogP contribution in [-0.2, 0) is 4.79 Å². The molecule has 0 atom stereocenters. The fraction of sp³-hybridized carbons (Fsp3) is 0.462. The smallest absolute Gasteiger partial charge is 0.234 e. The van der Waals surface area contributed by atoms with Gasteiger partial charge in [0, 0.05) is 6.20 Å². The lowest BCUT2D eigenvalue weighted by Crippen LogP contribution is -3.12. The zero-order valence-electron chi connectivity index (χ0n) is 11.8. The zero-order chi connectivity index (χ0) is 15.2. The highest BCUT2D eigenvalue weighted by atomic mass is 35.5. The van der Waals surface area contributed by atoms with Crippen LogP contribution >= 0.6 is 35.6 Å². The van der Waals surface area contributed by atoms with Crippen LogP contribution in [0.25, 0.3) is 0 Å². The highest BCUT2D eigenvalue weighted by molar-refractivity contribution is 8.23. The minimum absolute atomic E-state index is 0.128. The Kier molecular flexibility index (Phi) is 6.22. The molecule has 1 aromatic heterocycles. The van der Waals surface area contributed by atoms with Gasteiger partial charge in [-0.25, -0.2) is 4.98 Å². The van der Waals surface area contributed by atoms with Crippen molar-refractivity contribution in [3.63, 3.8) is 0 Å². The second-order valence-electron chi connectivity index (χ2n) is 4.89. The molecule has 114 valence electrons. The molecule has 2 N–H and O–H groups in total. The molecule has 8 heteroatoms. The molecule has 2 rings (SSSR count). The number of nitrogens with one attached hydrogen (secondary N) is 2. The number of thiocarbonyl (C=S) groups is 1. The van der Waals surface area contributed by atoms with E-state index in [4.69, 9.17) is 23.8 Å². The lowest BCUT2D eigenvalue weighted by atomic mass is 10.4. The van der Waals surface area contributed by atoms with Crippen LogP contribution in [0.4, 0.5) is 5.69 Å². The van der Waals surface area contributed by atoms with Gasteiger partial charge < -0.3 is 15.1 Å². The number of likely N-dealkylation sites (N-methyl/N-ethyl adjacent to an activating group) is 1. The largest absolute Gasteiger partial charge is 0.346 e. The van der Waals surface area contributed by atoms with E-state index >= 15 is 0 Å². The number of pyridine rings is 1. The van der Waals surface area contributed by atoms with Crippen molar-refractivity contribution in [2.24, 2.45) is 0 Å². The SMILES string of the molecule is C[NH+]1CCN(C(=S)SCC(=O)Nc2cccnc2Cl)CC1. The number of anilines is 1. The standard InChI is InChI=1S/C13H17ClN4OS2/c1-17-5-7-18(8-6-17)13(20)21-9-11(19)16-10-3-2-4-15-12(10)14/h2-4H,5-9H2,1H3,(H,16,19)/p+1. The van der Waals surface area contributed by atoms with Gasteiger partial charge in [0.1, 0.15) is 4.32 Å². The van der Waals surface area contributed by atoms with Crippen molar-refractivity contribution >= 4 is 51.5 Å². The number of amides is 1. The number of rotatable bonds is 3. The molecule has 0 spiro atoms. The van der Waals surface area contributed by atoms with Crippen molar-refractivity contribution in [1.82, 2.24) is 9.88 Å². The molecule has 0 radical (unpaired) electrons. The van der Waals surface area contributed by atoms with E-state index in [1.165, 1.54) is 16.7 Å². The van der Waals surface area contributed by atoms with Crippen LogP contribution in [0.5, 0.6) is 0 Å². The summed E-state index contributed by atoms with van der Waals surface area (Å²) in [6, 6.07) is 3.45. The summed E-state index contributed by atoms with van der Waals surface area (Å²) in [7, 11) is 2.18. The summed E-state index contributed by atoms with van der Waals surface area (Å²) < 4.78 is 0.787. The minimum atomic E-state index is -0.128. The number of halogens is 1. The first-order valence-electron chi connectivity index (χ1n) is 6.69. The molecular formula is C13H18ClN4OS2+. The van der Waals surface area contributed by atoms with Gasteiger partial charge in [-0.05, 0) is 12.1 Å². The Balaban J connectivity index is 1.76. The third kappa shape index (κ3) is 5.10. The molecule has 1 aliphatic rings. The molecule has 1 amide bonds. The quantitative estimate of drug-likeness (QED) is 0.618. The number of carbonyl (C=O) groups excluding carboxylic acids is 1. The van der Waals surface area contributed by atoms with Gasteiger partial charge >= 0.3 is 0 Å². The number of piperazine rings is 1. The summed E-state index contributed by atoms with van der Waals surface area (Å²) in [6.07, 6.45) is 1.58. The van der Waals surface area contributed by atoms with Crippen molar-refractivity contribution in [1.29, 1.82) is 0 Å². The molecule has 1 aliphatic heterocycles. The Labute approximate surface area is 139 Å². The minimum Gasteiger partial charge on any atom is -0.346 e. The number of hydrogen-bond acceptors (Lipinski definition) is 4. The van der Waals surface area contributed by atoms with Crippen molar-refractivity contribution in [2.45, 2.75) is 0 Å². The Bertz CT molecular complexity index is 521. The van der Waals surface area contributed by atoms with Crippen LogP contribution in [0.1, 0.15) is 0 Å². The Hall–Kier alpha value is -0.890. The van der Waals surface area contributed by atoms with Crippen LogP contribution in [0.2, 0.25) is 5.15 Å². The van der Waals surface area contributed by atoms with Gasteiger partial charge in [0.2, 0.25) is 5.91 Å². The molecule has 21 heavy (non-hydrogen) atoms. The van der Waals surface area contributed by atoms with E-state index in [-0.39, 0.29) is 11.7 Å². The summed E-state index contributed by atoms with van der Waals surface area (Å²) in [5.74, 6) is 0.153. The maximum absolute atomic E-state index is 11.9. The Morgan fingerprint density at radius 1 is 1.57 bits per heavy atom. The van der Waals surface area contributed by atoms with E-state index in [9.17, 15) is 4.79 Å². The molecule has 0 aliphatic carbocycles. The fourth-order valence-corrected chi connectivity index (χ4v) is 3.17. The highest BCUT2D eigenvalue weighted by Gasteiger charge is 2.19. The van der Waals surface area contributed by atoms with Gasteiger partial charge in [-0.15, -0.1) is 0 Å². The predicted octanol–water partition coefficient (Wildman–Crippen LogP) is 0.522. The van der Waals surface area contributed by atoms with E-state index < -0.39 is 0 Å². The third-order valence-electron chi connectivity index (χ3n) is 3.24. The third-order valence-corrected chi connectivity index (χ3v) is 5.06. The summed E-state index contributed by atoms with van der Waals surface area (Å²) >= 11 is 12.7. The van der Waals surface area contributed by atoms with E-state index in [2.05, 4.69) is 22.2 Å². The number of thioether (sulfide) groups is 1. The molecule has 0 saturated carbocycles. The van der Waals surface area contributed by atoms with E-state index in [1.807, 2.05) is 0 Å². The first kappa shape index (κ1) is 16.5. The van der Waals surface area contributed by atoms with Crippen LogP contribution in [0, 0.1) is 0 Å².